The van der Waals surface area contributed by atoms with Crippen LogP contribution in [0.25, 0.3) is 21.9 Å². The molecule has 0 radical (unpaired) electrons. The SMILES string of the molecule is CCN1CCC(C(=O)Nc2cc3cc(-c4cnn(C)c4)c(F)cc3cn2)CC1. The first kappa shape index (κ1) is 18.6. The molecule has 0 aliphatic carbocycles. The standard InChI is InChI=1S/C21H24FN5O/c1-3-27-6-4-14(5-7-27)21(28)25-20-10-15-8-18(17-12-24-26(2)13-17)19(22)9-16(15)11-23-20/h8-14H,3-7H2,1-2H3,(H,23,25,28). The van der Waals surface area contributed by atoms with Crippen LogP contribution in [-0.2, 0) is 11.8 Å². The van der Waals surface area contributed by atoms with Crippen molar-refractivity contribution in [2.45, 2.75) is 19.8 Å². The van der Waals surface area contributed by atoms with Crippen LogP contribution in [0.1, 0.15) is 19.8 Å². The lowest BCUT2D eigenvalue weighted by molar-refractivity contribution is -0.121. The number of fused-ring (bicyclic) bond motifs is 1. The van der Waals surface area contributed by atoms with Gasteiger partial charge in [0.15, 0.2) is 0 Å². The van der Waals surface area contributed by atoms with Crippen LogP contribution in [0.3, 0.4) is 0 Å². The molecule has 1 aromatic carbocycles. The summed E-state index contributed by atoms with van der Waals surface area (Å²) < 4.78 is 16.1. The maximum Gasteiger partial charge on any atom is 0.228 e. The van der Waals surface area contributed by atoms with Crippen LogP contribution in [0.5, 0.6) is 0 Å². The zero-order valence-corrected chi connectivity index (χ0v) is 16.2. The maximum atomic E-state index is 14.5. The number of aromatic nitrogens is 3. The lowest BCUT2D eigenvalue weighted by Crippen LogP contribution is -2.38. The van der Waals surface area contributed by atoms with Gasteiger partial charge in [0.2, 0.25) is 5.91 Å². The highest BCUT2D eigenvalue weighted by molar-refractivity contribution is 5.95. The number of nitrogens with zero attached hydrogens (tertiary/aromatic N) is 4. The fourth-order valence-electron chi connectivity index (χ4n) is 3.76. The molecule has 1 aliphatic heterocycles. The molecule has 1 aliphatic rings. The van der Waals surface area contributed by atoms with Gasteiger partial charge in [-0.2, -0.15) is 5.10 Å². The Bertz CT molecular complexity index is 1010. The van der Waals surface area contributed by atoms with Gasteiger partial charge in [-0.15, -0.1) is 0 Å². The van der Waals surface area contributed by atoms with Crippen molar-refractivity contribution in [1.82, 2.24) is 19.7 Å². The molecule has 146 valence electrons. The number of carbonyl (C=O) groups excluding carboxylic acids is 1. The van der Waals surface area contributed by atoms with E-state index >= 15 is 0 Å². The largest absolute Gasteiger partial charge is 0.310 e. The molecule has 4 rings (SSSR count). The monoisotopic (exact) mass is 381 g/mol. The second kappa shape index (κ2) is 7.67. The number of amides is 1. The summed E-state index contributed by atoms with van der Waals surface area (Å²) in [5.74, 6) is 0.206. The molecule has 0 bridgehead atoms. The van der Waals surface area contributed by atoms with Crippen molar-refractivity contribution < 1.29 is 9.18 Å². The number of carbonyl (C=O) groups is 1. The molecule has 0 atom stereocenters. The Labute approximate surface area is 163 Å². The smallest absolute Gasteiger partial charge is 0.228 e. The highest BCUT2D eigenvalue weighted by atomic mass is 19.1. The van der Waals surface area contributed by atoms with E-state index in [4.69, 9.17) is 0 Å². The predicted molar refractivity (Wildman–Crippen MR) is 107 cm³/mol. The molecule has 2 aromatic heterocycles. The molecular weight excluding hydrogens is 357 g/mol. The van der Waals surface area contributed by atoms with Gasteiger partial charge in [0.1, 0.15) is 11.6 Å². The van der Waals surface area contributed by atoms with Gasteiger partial charge in [-0.3, -0.25) is 9.48 Å². The van der Waals surface area contributed by atoms with Crippen molar-refractivity contribution in [2.75, 3.05) is 25.0 Å². The predicted octanol–water partition coefficient (Wildman–Crippen LogP) is 3.44. The molecule has 3 aromatic rings. The van der Waals surface area contributed by atoms with Gasteiger partial charge < -0.3 is 10.2 Å². The molecule has 3 heterocycles. The number of aryl methyl sites for hydroxylation is 1. The molecule has 0 spiro atoms. The Kier molecular flexibility index (Phi) is 5.09. The topological polar surface area (TPSA) is 63.1 Å². The number of pyridine rings is 1. The van der Waals surface area contributed by atoms with Crippen LogP contribution in [0, 0.1) is 11.7 Å². The van der Waals surface area contributed by atoms with Gasteiger partial charge in [-0.05, 0) is 56.1 Å². The molecule has 7 heteroatoms. The third-order valence-corrected chi connectivity index (χ3v) is 5.48. The van der Waals surface area contributed by atoms with E-state index in [1.165, 1.54) is 6.07 Å². The van der Waals surface area contributed by atoms with E-state index in [-0.39, 0.29) is 17.6 Å². The summed E-state index contributed by atoms with van der Waals surface area (Å²) >= 11 is 0. The molecule has 28 heavy (non-hydrogen) atoms. The lowest BCUT2D eigenvalue weighted by atomic mass is 9.96. The van der Waals surface area contributed by atoms with E-state index in [9.17, 15) is 9.18 Å². The van der Waals surface area contributed by atoms with Crippen molar-refractivity contribution in [3.63, 3.8) is 0 Å². The number of likely N-dealkylation sites (tertiary alicyclic amines) is 1. The highest BCUT2D eigenvalue weighted by Gasteiger charge is 2.24. The molecule has 0 saturated carbocycles. The number of piperidine rings is 1. The molecule has 6 nitrogen and oxygen atoms in total. The van der Waals surface area contributed by atoms with Crippen LogP contribution >= 0.6 is 0 Å². The summed E-state index contributed by atoms with van der Waals surface area (Å²) in [4.78, 5) is 19.3. The van der Waals surface area contributed by atoms with E-state index < -0.39 is 0 Å². The zero-order valence-electron chi connectivity index (χ0n) is 16.2. The minimum atomic E-state index is -0.318. The number of hydrogen-bond donors (Lipinski definition) is 1. The number of hydrogen-bond acceptors (Lipinski definition) is 4. The fourth-order valence-corrected chi connectivity index (χ4v) is 3.76. The van der Waals surface area contributed by atoms with Crippen molar-refractivity contribution in [3.05, 3.63) is 42.6 Å². The molecule has 1 saturated heterocycles. The summed E-state index contributed by atoms with van der Waals surface area (Å²) in [5.41, 5.74) is 1.20. The van der Waals surface area contributed by atoms with Crippen LogP contribution in [0.4, 0.5) is 10.2 Å². The Balaban J connectivity index is 1.55. The molecule has 1 fully saturated rings. The summed E-state index contributed by atoms with van der Waals surface area (Å²) in [6.07, 6.45) is 6.74. The lowest BCUT2D eigenvalue weighted by Gasteiger charge is -2.30. The average molecular weight is 381 g/mol. The second-order valence-electron chi connectivity index (χ2n) is 7.35. The Morgan fingerprint density at radius 3 is 2.68 bits per heavy atom. The van der Waals surface area contributed by atoms with Crippen molar-refractivity contribution in [3.8, 4) is 11.1 Å². The van der Waals surface area contributed by atoms with Gasteiger partial charge in [-0.25, -0.2) is 9.37 Å². The van der Waals surface area contributed by atoms with Crippen LogP contribution in [0.2, 0.25) is 0 Å². The summed E-state index contributed by atoms with van der Waals surface area (Å²) in [7, 11) is 1.80. The maximum absolute atomic E-state index is 14.5. The van der Waals surface area contributed by atoms with Gasteiger partial charge in [0.05, 0.1) is 6.20 Å². The van der Waals surface area contributed by atoms with Crippen LogP contribution in [-0.4, -0.2) is 45.2 Å². The van der Waals surface area contributed by atoms with E-state index in [1.807, 2.05) is 0 Å². The van der Waals surface area contributed by atoms with E-state index in [2.05, 4.69) is 27.2 Å². The Hall–Kier alpha value is -2.80. The molecule has 1 N–H and O–H groups in total. The third kappa shape index (κ3) is 3.75. The quantitative estimate of drug-likeness (QED) is 0.752. The Morgan fingerprint density at radius 2 is 2.00 bits per heavy atom. The zero-order chi connectivity index (χ0) is 19.7. The van der Waals surface area contributed by atoms with Crippen LogP contribution < -0.4 is 5.32 Å². The number of halogens is 1. The average Bonchev–Trinajstić information content (AvgIpc) is 3.13. The van der Waals surface area contributed by atoms with Gasteiger partial charge in [0.25, 0.3) is 0 Å². The molecule has 1 amide bonds. The summed E-state index contributed by atoms with van der Waals surface area (Å²) in [6.45, 7) is 5.07. The van der Waals surface area contributed by atoms with Gasteiger partial charge >= 0.3 is 0 Å². The number of nitrogens with one attached hydrogen (secondary N) is 1. The fraction of sp³-hybridized carbons (Fsp3) is 0.381. The van der Waals surface area contributed by atoms with E-state index in [1.54, 1.807) is 42.5 Å². The number of anilines is 1. The normalized spacial score (nSPS) is 15.8. The minimum Gasteiger partial charge on any atom is -0.310 e. The number of benzene rings is 1. The second-order valence-corrected chi connectivity index (χ2v) is 7.35. The molecule has 0 unspecified atom stereocenters. The third-order valence-electron chi connectivity index (χ3n) is 5.48. The highest BCUT2D eigenvalue weighted by Crippen LogP contribution is 2.28. The minimum absolute atomic E-state index is 0.0113. The first-order chi connectivity index (χ1) is 13.5. The van der Waals surface area contributed by atoms with Crippen LogP contribution in [0.15, 0.2) is 36.8 Å². The van der Waals surface area contributed by atoms with Crippen molar-refractivity contribution in [2.24, 2.45) is 13.0 Å². The Morgan fingerprint density at radius 1 is 1.21 bits per heavy atom. The van der Waals surface area contributed by atoms with E-state index in [0.29, 0.717) is 22.3 Å². The van der Waals surface area contributed by atoms with Crippen molar-refractivity contribution >= 4 is 22.5 Å². The number of rotatable bonds is 4. The first-order valence-electron chi connectivity index (χ1n) is 9.65. The van der Waals surface area contributed by atoms with E-state index in [0.717, 1.165) is 37.9 Å². The first-order valence-corrected chi connectivity index (χ1v) is 9.65. The molecular formula is C21H24FN5O. The summed E-state index contributed by atoms with van der Waals surface area (Å²) in [6, 6.07) is 5.04. The van der Waals surface area contributed by atoms with Crippen molar-refractivity contribution in [1.29, 1.82) is 0 Å². The summed E-state index contributed by atoms with van der Waals surface area (Å²) in [5, 5.41) is 8.57. The van der Waals surface area contributed by atoms with Gasteiger partial charge in [-0.1, -0.05) is 6.92 Å². The van der Waals surface area contributed by atoms with Gasteiger partial charge in [0, 0.05) is 41.9 Å².